The highest BCUT2D eigenvalue weighted by atomic mass is 16.5. The highest BCUT2D eigenvalue weighted by Gasteiger charge is 2.27. The van der Waals surface area contributed by atoms with E-state index in [1.54, 1.807) is 12.1 Å². The Morgan fingerprint density at radius 1 is 1.09 bits per heavy atom. The van der Waals surface area contributed by atoms with E-state index in [-0.39, 0.29) is 23.5 Å². The number of amides is 1. The number of carbonyl (C=O) groups excluding carboxylic acids is 2. The molecule has 7 nitrogen and oxygen atoms in total. The van der Waals surface area contributed by atoms with Gasteiger partial charge in [0.1, 0.15) is 0 Å². The highest BCUT2D eigenvalue weighted by molar-refractivity contribution is 5.97. The number of rotatable bonds is 6. The number of nitrogens with zero attached hydrogens (tertiary/aromatic N) is 2. The third-order valence-electron chi connectivity index (χ3n) is 6.14. The Morgan fingerprint density at radius 2 is 1.81 bits per heavy atom. The van der Waals surface area contributed by atoms with E-state index in [0.717, 1.165) is 48.0 Å². The molecule has 2 aromatic carbocycles. The number of ether oxygens (including phenoxy) is 1. The second-order valence-electron chi connectivity index (χ2n) is 8.15. The maximum atomic E-state index is 12.7. The van der Waals surface area contributed by atoms with Crippen LogP contribution in [0, 0.1) is 0 Å². The van der Waals surface area contributed by atoms with Crippen LogP contribution < -0.4 is 10.5 Å². The van der Waals surface area contributed by atoms with E-state index >= 15 is 0 Å². The van der Waals surface area contributed by atoms with Crippen LogP contribution >= 0.6 is 0 Å². The second kappa shape index (κ2) is 9.34. The van der Waals surface area contributed by atoms with Crippen molar-refractivity contribution < 1.29 is 14.3 Å². The van der Waals surface area contributed by atoms with Crippen molar-refractivity contribution in [2.45, 2.75) is 51.5 Å². The van der Waals surface area contributed by atoms with Gasteiger partial charge in [0.15, 0.2) is 0 Å². The molecule has 1 amide bonds. The fraction of sp³-hybridized carbons (Fsp3) is 0.360. The SMILES string of the molecule is CCC(=O)N(c1ccc2c(Cc3ccc(C(=O)OC)cc3)n[nH]c(=O)c2c1)C1CCCC1. The topological polar surface area (TPSA) is 92.4 Å². The first-order valence-corrected chi connectivity index (χ1v) is 11.0. The first-order valence-electron chi connectivity index (χ1n) is 11.0. The van der Waals surface area contributed by atoms with Crippen LogP contribution in [-0.2, 0) is 16.0 Å². The summed E-state index contributed by atoms with van der Waals surface area (Å²) in [5.74, 6) is -0.308. The van der Waals surface area contributed by atoms with Crippen molar-refractivity contribution in [3.8, 4) is 0 Å². The van der Waals surface area contributed by atoms with Gasteiger partial charge in [0.05, 0.1) is 23.8 Å². The number of fused-ring (bicyclic) bond motifs is 1. The Bertz CT molecular complexity index is 1190. The molecule has 0 spiro atoms. The zero-order valence-corrected chi connectivity index (χ0v) is 18.4. The van der Waals surface area contributed by atoms with Crippen molar-refractivity contribution in [2.75, 3.05) is 12.0 Å². The molecule has 0 radical (unpaired) electrons. The average molecular weight is 434 g/mol. The van der Waals surface area contributed by atoms with Gasteiger partial charge in [0.25, 0.3) is 5.56 Å². The number of hydrogen-bond donors (Lipinski definition) is 1. The molecule has 1 N–H and O–H groups in total. The Hall–Kier alpha value is -3.48. The molecule has 1 saturated carbocycles. The van der Waals surface area contributed by atoms with E-state index in [1.807, 2.05) is 42.2 Å². The number of carbonyl (C=O) groups is 2. The molecule has 0 atom stereocenters. The summed E-state index contributed by atoms with van der Waals surface area (Å²) in [6.07, 6.45) is 5.14. The quantitative estimate of drug-likeness (QED) is 0.594. The summed E-state index contributed by atoms with van der Waals surface area (Å²) in [4.78, 5) is 38.8. The third-order valence-corrected chi connectivity index (χ3v) is 6.14. The maximum Gasteiger partial charge on any atom is 0.337 e. The number of esters is 1. The van der Waals surface area contributed by atoms with E-state index in [4.69, 9.17) is 4.74 Å². The van der Waals surface area contributed by atoms with Crippen molar-refractivity contribution in [1.82, 2.24) is 10.2 Å². The lowest BCUT2D eigenvalue weighted by molar-refractivity contribution is -0.118. The molecule has 166 valence electrons. The molecule has 0 bridgehead atoms. The summed E-state index contributed by atoms with van der Waals surface area (Å²) < 4.78 is 4.74. The largest absolute Gasteiger partial charge is 0.465 e. The minimum absolute atomic E-state index is 0.0765. The van der Waals surface area contributed by atoms with Crippen LogP contribution in [0.3, 0.4) is 0 Å². The van der Waals surface area contributed by atoms with Gasteiger partial charge in [-0.05, 0) is 42.7 Å². The number of aromatic amines is 1. The van der Waals surface area contributed by atoms with Gasteiger partial charge >= 0.3 is 5.97 Å². The average Bonchev–Trinajstić information content (AvgIpc) is 3.35. The van der Waals surface area contributed by atoms with Crippen LogP contribution in [0.15, 0.2) is 47.3 Å². The van der Waals surface area contributed by atoms with Gasteiger partial charge < -0.3 is 9.64 Å². The van der Waals surface area contributed by atoms with Crippen LogP contribution in [0.2, 0.25) is 0 Å². The van der Waals surface area contributed by atoms with Crippen LogP contribution in [0.25, 0.3) is 10.8 Å². The molecule has 0 unspecified atom stereocenters. The molecule has 1 aliphatic carbocycles. The molecule has 32 heavy (non-hydrogen) atoms. The predicted octanol–water partition coefficient (Wildman–Crippen LogP) is 3.99. The lowest BCUT2D eigenvalue weighted by Gasteiger charge is -2.29. The van der Waals surface area contributed by atoms with Gasteiger partial charge in [-0.15, -0.1) is 0 Å². The van der Waals surface area contributed by atoms with E-state index in [9.17, 15) is 14.4 Å². The Balaban J connectivity index is 1.69. The van der Waals surface area contributed by atoms with E-state index in [1.165, 1.54) is 7.11 Å². The second-order valence-corrected chi connectivity index (χ2v) is 8.15. The fourth-order valence-corrected chi connectivity index (χ4v) is 4.46. The smallest absolute Gasteiger partial charge is 0.337 e. The zero-order chi connectivity index (χ0) is 22.7. The molecule has 3 aromatic rings. The number of hydrogen-bond acceptors (Lipinski definition) is 5. The summed E-state index contributed by atoms with van der Waals surface area (Å²) in [6.45, 7) is 1.87. The van der Waals surface area contributed by atoms with E-state index in [2.05, 4.69) is 10.2 Å². The number of aromatic nitrogens is 2. The zero-order valence-electron chi connectivity index (χ0n) is 18.4. The molecule has 4 rings (SSSR count). The molecule has 1 fully saturated rings. The summed E-state index contributed by atoms with van der Waals surface area (Å²) in [5.41, 5.74) is 2.65. The van der Waals surface area contributed by atoms with Crippen molar-refractivity contribution in [3.63, 3.8) is 0 Å². The van der Waals surface area contributed by atoms with E-state index in [0.29, 0.717) is 23.8 Å². The molecule has 1 aliphatic rings. The van der Waals surface area contributed by atoms with Gasteiger partial charge in [-0.2, -0.15) is 5.10 Å². The number of benzene rings is 2. The molecule has 0 saturated heterocycles. The van der Waals surface area contributed by atoms with Crippen molar-refractivity contribution in [3.05, 3.63) is 69.6 Å². The summed E-state index contributed by atoms with van der Waals surface area (Å²) in [7, 11) is 1.35. The third kappa shape index (κ3) is 4.28. The summed E-state index contributed by atoms with van der Waals surface area (Å²) in [5, 5.41) is 8.14. The first kappa shape index (κ1) is 21.7. The molecule has 1 heterocycles. The molecule has 0 aliphatic heterocycles. The standard InChI is InChI=1S/C25H27N3O4/c1-3-23(29)28(18-6-4-5-7-18)19-12-13-20-21(15-19)24(30)27-26-22(20)14-16-8-10-17(11-9-16)25(31)32-2/h8-13,15,18H,3-7,14H2,1-2H3,(H,27,30). The van der Waals surface area contributed by atoms with Gasteiger partial charge in [-0.1, -0.05) is 38.0 Å². The van der Waals surface area contributed by atoms with Crippen molar-refractivity contribution in [1.29, 1.82) is 0 Å². The monoisotopic (exact) mass is 433 g/mol. The minimum Gasteiger partial charge on any atom is -0.465 e. The normalized spacial score (nSPS) is 13.9. The Morgan fingerprint density at radius 3 is 2.47 bits per heavy atom. The number of anilines is 1. The van der Waals surface area contributed by atoms with Crippen molar-refractivity contribution in [2.24, 2.45) is 0 Å². The number of nitrogens with one attached hydrogen (secondary N) is 1. The van der Waals surface area contributed by atoms with Gasteiger partial charge in [-0.25, -0.2) is 9.89 Å². The van der Waals surface area contributed by atoms with Crippen molar-refractivity contribution >= 4 is 28.3 Å². The van der Waals surface area contributed by atoms with Crippen LogP contribution in [-0.4, -0.2) is 35.2 Å². The lowest BCUT2D eigenvalue weighted by atomic mass is 10.0. The Kier molecular flexibility index (Phi) is 6.35. The summed E-state index contributed by atoms with van der Waals surface area (Å²) in [6, 6.07) is 12.9. The molecular weight excluding hydrogens is 406 g/mol. The van der Waals surface area contributed by atoms with Crippen LogP contribution in [0.1, 0.15) is 60.6 Å². The van der Waals surface area contributed by atoms with Crippen LogP contribution in [0.4, 0.5) is 5.69 Å². The number of H-pyrrole nitrogens is 1. The lowest BCUT2D eigenvalue weighted by Crippen LogP contribution is -2.38. The molecular formula is C25H27N3O4. The summed E-state index contributed by atoms with van der Waals surface area (Å²) >= 11 is 0. The fourth-order valence-electron chi connectivity index (χ4n) is 4.46. The van der Waals surface area contributed by atoms with Gasteiger partial charge in [-0.3, -0.25) is 9.59 Å². The minimum atomic E-state index is -0.384. The predicted molar refractivity (Wildman–Crippen MR) is 123 cm³/mol. The van der Waals surface area contributed by atoms with Crippen LogP contribution in [0.5, 0.6) is 0 Å². The first-order chi connectivity index (χ1) is 15.5. The Labute approximate surface area is 186 Å². The highest BCUT2D eigenvalue weighted by Crippen LogP contribution is 2.31. The van der Waals surface area contributed by atoms with Gasteiger partial charge in [0, 0.05) is 30.0 Å². The molecule has 7 heteroatoms. The van der Waals surface area contributed by atoms with Gasteiger partial charge in [0.2, 0.25) is 5.91 Å². The molecule has 1 aromatic heterocycles. The van der Waals surface area contributed by atoms with E-state index < -0.39 is 0 Å². The number of methoxy groups -OCH3 is 1. The maximum absolute atomic E-state index is 12.7.